The van der Waals surface area contributed by atoms with E-state index in [1.807, 2.05) is 28.8 Å². The predicted octanol–water partition coefficient (Wildman–Crippen LogP) is 3.35. The van der Waals surface area contributed by atoms with Crippen molar-refractivity contribution in [3.05, 3.63) is 41.6 Å². The van der Waals surface area contributed by atoms with Gasteiger partial charge < -0.3 is 19.1 Å². The smallest absolute Gasteiger partial charge is 0.236 e. The predicted molar refractivity (Wildman–Crippen MR) is 103 cm³/mol. The molecule has 0 aliphatic heterocycles. The molecule has 3 aromatic rings. The first-order chi connectivity index (χ1) is 13.2. The molecule has 1 amide bonds. The van der Waals surface area contributed by atoms with Gasteiger partial charge in [-0.25, -0.2) is 0 Å². The maximum atomic E-state index is 12.1. The highest BCUT2D eigenvalue weighted by Crippen LogP contribution is 2.29. The molecule has 0 unspecified atom stereocenters. The number of benzene rings is 1. The lowest BCUT2D eigenvalue weighted by Gasteiger charge is -2.10. The number of rotatable bonds is 9. The van der Waals surface area contributed by atoms with Crippen LogP contribution in [-0.2, 0) is 16.1 Å². The molecule has 1 N–H and O–H groups in total. The number of aromatic nitrogens is 4. The molecule has 2 heterocycles. The summed E-state index contributed by atoms with van der Waals surface area (Å²) in [6.07, 6.45) is 2.18. The number of carbonyl (C=O) groups excluding carboxylic acids is 1. The van der Waals surface area contributed by atoms with Crippen LogP contribution in [0.5, 0.6) is 0 Å². The van der Waals surface area contributed by atoms with E-state index in [1.54, 1.807) is 13.2 Å². The standard InChI is InChI=1S/C17H18ClN5O3S/c1-25-9-4-8-23-16(12-5-2-3-6-13(12)18)20-21-17(23)27-11-15(24)19-14-7-10-26-22-14/h2-3,5-7,10H,4,8-9,11H2,1H3,(H,19,22,24). The maximum absolute atomic E-state index is 12.1. The van der Waals surface area contributed by atoms with Gasteiger partial charge in [0.1, 0.15) is 6.26 Å². The Labute approximate surface area is 165 Å². The minimum absolute atomic E-state index is 0.164. The summed E-state index contributed by atoms with van der Waals surface area (Å²) in [6.45, 7) is 1.26. The quantitative estimate of drug-likeness (QED) is 0.429. The molecule has 2 aromatic heterocycles. The molecule has 0 aliphatic rings. The number of halogens is 1. The third kappa shape index (κ3) is 5.09. The molecule has 8 nitrogen and oxygen atoms in total. The van der Waals surface area contributed by atoms with Crippen molar-refractivity contribution in [3.63, 3.8) is 0 Å². The number of hydrogen-bond acceptors (Lipinski definition) is 7. The monoisotopic (exact) mass is 407 g/mol. The number of anilines is 1. The number of thioether (sulfide) groups is 1. The van der Waals surface area contributed by atoms with E-state index < -0.39 is 0 Å². The summed E-state index contributed by atoms with van der Waals surface area (Å²) in [5.41, 5.74) is 0.794. The van der Waals surface area contributed by atoms with Gasteiger partial charge in [0, 0.05) is 31.9 Å². The molecule has 0 fully saturated rings. The summed E-state index contributed by atoms with van der Waals surface area (Å²) >= 11 is 7.61. The van der Waals surface area contributed by atoms with Crippen LogP contribution in [0.25, 0.3) is 11.4 Å². The highest BCUT2D eigenvalue weighted by atomic mass is 35.5. The molecule has 0 saturated carbocycles. The van der Waals surface area contributed by atoms with Gasteiger partial charge in [0.05, 0.1) is 10.8 Å². The lowest BCUT2D eigenvalue weighted by molar-refractivity contribution is -0.113. The van der Waals surface area contributed by atoms with Crippen LogP contribution in [0.4, 0.5) is 5.82 Å². The van der Waals surface area contributed by atoms with E-state index in [0.717, 1.165) is 12.0 Å². The SMILES string of the molecule is COCCCn1c(SCC(=O)Nc2ccon2)nnc1-c1ccccc1Cl. The zero-order valence-electron chi connectivity index (χ0n) is 14.6. The second kappa shape index (κ2) is 9.54. The average molecular weight is 408 g/mol. The Balaban J connectivity index is 1.75. The number of hydrogen-bond donors (Lipinski definition) is 1. The molecule has 0 bridgehead atoms. The number of amides is 1. The average Bonchev–Trinajstić information content (AvgIpc) is 3.31. The van der Waals surface area contributed by atoms with Crippen LogP contribution in [-0.4, -0.2) is 45.3 Å². The van der Waals surface area contributed by atoms with E-state index in [1.165, 1.54) is 18.0 Å². The Morgan fingerprint density at radius 2 is 2.19 bits per heavy atom. The first-order valence-corrected chi connectivity index (χ1v) is 9.55. The summed E-state index contributed by atoms with van der Waals surface area (Å²) in [4.78, 5) is 12.1. The molecule has 142 valence electrons. The van der Waals surface area contributed by atoms with E-state index in [9.17, 15) is 4.79 Å². The highest BCUT2D eigenvalue weighted by Gasteiger charge is 2.17. The minimum atomic E-state index is -0.209. The van der Waals surface area contributed by atoms with Crippen LogP contribution in [0.15, 0.2) is 46.3 Å². The van der Waals surface area contributed by atoms with E-state index in [-0.39, 0.29) is 11.7 Å². The second-order valence-corrected chi connectivity index (χ2v) is 6.86. The Kier molecular flexibility index (Phi) is 6.86. The van der Waals surface area contributed by atoms with Gasteiger partial charge in [0.2, 0.25) is 5.91 Å². The molecule has 0 radical (unpaired) electrons. The van der Waals surface area contributed by atoms with Crippen molar-refractivity contribution < 1.29 is 14.1 Å². The van der Waals surface area contributed by atoms with Gasteiger partial charge in [0.15, 0.2) is 16.8 Å². The second-order valence-electron chi connectivity index (χ2n) is 5.51. The zero-order valence-corrected chi connectivity index (χ0v) is 16.2. The first-order valence-electron chi connectivity index (χ1n) is 8.19. The van der Waals surface area contributed by atoms with Crippen LogP contribution < -0.4 is 5.32 Å². The normalized spacial score (nSPS) is 10.9. The lowest BCUT2D eigenvalue weighted by Crippen LogP contribution is -2.15. The Bertz CT molecular complexity index is 885. The van der Waals surface area contributed by atoms with Crippen LogP contribution in [0, 0.1) is 0 Å². The largest absolute Gasteiger partial charge is 0.385 e. The minimum Gasteiger partial charge on any atom is -0.385 e. The van der Waals surface area contributed by atoms with Crippen molar-refractivity contribution >= 4 is 35.1 Å². The number of methoxy groups -OCH3 is 1. The molecular formula is C17H18ClN5O3S. The van der Waals surface area contributed by atoms with Gasteiger partial charge in [-0.3, -0.25) is 4.79 Å². The van der Waals surface area contributed by atoms with Crippen molar-refractivity contribution in [1.82, 2.24) is 19.9 Å². The molecule has 10 heteroatoms. The fourth-order valence-corrected chi connectivity index (χ4v) is 3.38. The van der Waals surface area contributed by atoms with Crippen LogP contribution in [0.1, 0.15) is 6.42 Å². The van der Waals surface area contributed by atoms with E-state index in [2.05, 4.69) is 20.7 Å². The first kappa shape index (κ1) is 19.4. The molecule has 0 spiro atoms. The molecule has 0 saturated heterocycles. The lowest BCUT2D eigenvalue weighted by atomic mass is 10.2. The van der Waals surface area contributed by atoms with Gasteiger partial charge in [-0.1, -0.05) is 40.7 Å². The zero-order chi connectivity index (χ0) is 19.1. The van der Waals surface area contributed by atoms with Gasteiger partial charge in [0.25, 0.3) is 0 Å². The third-order valence-corrected chi connectivity index (χ3v) is 4.90. The van der Waals surface area contributed by atoms with Crippen molar-refractivity contribution in [2.45, 2.75) is 18.1 Å². The van der Waals surface area contributed by atoms with Crippen LogP contribution in [0.2, 0.25) is 5.02 Å². The van der Waals surface area contributed by atoms with E-state index in [0.29, 0.717) is 35.0 Å². The van der Waals surface area contributed by atoms with Crippen molar-refractivity contribution in [1.29, 1.82) is 0 Å². The molecule has 0 atom stereocenters. The summed E-state index contributed by atoms with van der Waals surface area (Å²) in [5, 5.41) is 16.1. The Morgan fingerprint density at radius 3 is 2.93 bits per heavy atom. The van der Waals surface area contributed by atoms with Crippen molar-refractivity contribution in [3.8, 4) is 11.4 Å². The summed E-state index contributed by atoms with van der Waals surface area (Å²) in [6, 6.07) is 9.04. The Morgan fingerprint density at radius 1 is 1.33 bits per heavy atom. The fraction of sp³-hybridized carbons (Fsp3) is 0.294. The van der Waals surface area contributed by atoms with Gasteiger partial charge >= 0.3 is 0 Å². The number of nitrogens with one attached hydrogen (secondary N) is 1. The number of carbonyl (C=O) groups is 1. The Hall–Kier alpha value is -2.36. The van der Waals surface area contributed by atoms with Crippen molar-refractivity contribution in [2.75, 3.05) is 24.8 Å². The maximum Gasteiger partial charge on any atom is 0.236 e. The highest BCUT2D eigenvalue weighted by molar-refractivity contribution is 7.99. The number of ether oxygens (including phenoxy) is 1. The van der Waals surface area contributed by atoms with Crippen LogP contribution in [0.3, 0.4) is 0 Å². The summed E-state index contributed by atoms with van der Waals surface area (Å²) in [5.74, 6) is 0.993. The number of nitrogens with zero attached hydrogens (tertiary/aromatic N) is 4. The molecule has 0 aliphatic carbocycles. The fourth-order valence-electron chi connectivity index (χ4n) is 2.39. The molecular weight excluding hydrogens is 390 g/mol. The topological polar surface area (TPSA) is 95.1 Å². The van der Waals surface area contributed by atoms with E-state index in [4.69, 9.17) is 20.9 Å². The van der Waals surface area contributed by atoms with Gasteiger partial charge in [-0.15, -0.1) is 10.2 Å². The van der Waals surface area contributed by atoms with Gasteiger partial charge in [-0.05, 0) is 18.6 Å². The van der Waals surface area contributed by atoms with Crippen LogP contribution >= 0.6 is 23.4 Å². The van der Waals surface area contributed by atoms with Gasteiger partial charge in [-0.2, -0.15) is 0 Å². The molecule has 3 rings (SSSR count). The molecule has 27 heavy (non-hydrogen) atoms. The third-order valence-electron chi connectivity index (χ3n) is 3.60. The summed E-state index contributed by atoms with van der Waals surface area (Å²) in [7, 11) is 1.66. The molecule has 1 aromatic carbocycles. The van der Waals surface area contributed by atoms with E-state index >= 15 is 0 Å². The summed E-state index contributed by atoms with van der Waals surface area (Å²) < 4.78 is 11.8. The van der Waals surface area contributed by atoms with Crippen molar-refractivity contribution in [2.24, 2.45) is 0 Å².